The Bertz CT molecular complexity index is 469. The molecule has 0 heterocycles. The zero-order chi connectivity index (χ0) is 13.9. The summed E-state index contributed by atoms with van der Waals surface area (Å²) in [6, 6.07) is 5.13. The lowest BCUT2D eigenvalue weighted by Gasteiger charge is -2.26. The first-order chi connectivity index (χ1) is 8.34. The van der Waals surface area contributed by atoms with Gasteiger partial charge in [0.25, 0.3) is 5.91 Å². The van der Waals surface area contributed by atoms with E-state index in [0.29, 0.717) is 11.3 Å². The molecule has 0 aliphatic carbocycles. The number of benzene rings is 1. The summed E-state index contributed by atoms with van der Waals surface area (Å²) in [5.74, 6) is -0.812. The third kappa shape index (κ3) is 3.00. The van der Waals surface area contributed by atoms with E-state index in [2.05, 4.69) is 0 Å². The van der Waals surface area contributed by atoms with Gasteiger partial charge in [0.05, 0.1) is 12.1 Å². The zero-order valence-corrected chi connectivity index (χ0v) is 10.9. The summed E-state index contributed by atoms with van der Waals surface area (Å²) in [6.45, 7) is 5.38. The minimum absolute atomic E-state index is 0.107. The molecule has 2 amide bonds. The molecule has 0 fully saturated rings. The summed E-state index contributed by atoms with van der Waals surface area (Å²) in [5, 5.41) is 0. The molecule has 5 nitrogen and oxygen atoms in total. The molecule has 0 saturated carbocycles. The molecule has 1 rings (SSSR count). The van der Waals surface area contributed by atoms with E-state index < -0.39 is 5.91 Å². The summed E-state index contributed by atoms with van der Waals surface area (Å²) in [6.07, 6.45) is 0. The highest BCUT2D eigenvalue weighted by atomic mass is 16.2. The highest BCUT2D eigenvalue weighted by molar-refractivity contribution is 6.01. The van der Waals surface area contributed by atoms with E-state index in [1.54, 1.807) is 12.1 Å². The first kappa shape index (κ1) is 14.0. The highest BCUT2D eigenvalue weighted by Gasteiger charge is 2.22. The van der Waals surface area contributed by atoms with Crippen LogP contribution < -0.4 is 11.5 Å². The third-order valence-corrected chi connectivity index (χ3v) is 2.76. The maximum absolute atomic E-state index is 12.3. The van der Waals surface area contributed by atoms with Crippen molar-refractivity contribution >= 4 is 17.5 Å². The normalized spacial score (nSPS) is 10.4. The number of carbonyl (C=O) groups excluding carboxylic acids is 2. The Hall–Kier alpha value is -2.04. The molecule has 0 saturated heterocycles. The van der Waals surface area contributed by atoms with Gasteiger partial charge in [0.2, 0.25) is 5.91 Å². The number of nitrogen functional groups attached to an aromatic ring is 1. The lowest BCUT2D eigenvalue weighted by molar-refractivity contribution is -0.119. The van der Waals surface area contributed by atoms with Crippen LogP contribution in [0, 0.1) is 6.92 Å². The van der Waals surface area contributed by atoms with E-state index in [0.717, 1.165) is 5.56 Å². The fourth-order valence-electron chi connectivity index (χ4n) is 1.68. The number of rotatable bonds is 4. The van der Waals surface area contributed by atoms with Crippen molar-refractivity contribution in [1.82, 2.24) is 4.90 Å². The predicted octanol–water partition coefficient (Wildman–Crippen LogP) is 0.913. The number of hydrogen-bond acceptors (Lipinski definition) is 3. The molecule has 0 aliphatic rings. The van der Waals surface area contributed by atoms with Crippen molar-refractivity contribution in [1.29, 1.82) is 0 Å². The Morgan fingerprint density at radius 2 is 1.94 bits per heavy atom. The van der Waals surface area contributed by atoms with Crippen LogP contribution in [0.5, 0.6) is 0 Å². The van der Waals surface area contributed by atoms with Crippen LogP contribution in [0.4, 0.5) is 5.69 Å². The van der Waals surface area contributed by atoms with Gasteiger partial charge >= 0.3 is 0 Å². The van der Waals surface area contributed by atoms with E-state index in [4.69, 9.17) is 11.5 Å². The van der Waals surface area contributed by atoms with Crippen molar-refractivity contribution in [2.75, 3.05) is 12.3 Å². The monoisotopic (exact) mass is 249 g/mol. The lowest BCUT2D eigenvalue weighted by atomic mass is 10.1. The molecular formula is C13H19N3O2. The number of amides is 2. The van der Waals surface area contributed by atoms with Crippen molar-refractivity contribution in [3.05, 3.63) is 29.3 Å². The SMILES string of the molecule is Cc1cccc(C(=O)N(CC(N)=O)C(C)C)c1N. The third-order valence-electron chi connectivity index (χ3n) is 2.76. The molecule has 0 aliphatic heterocycles. The zero-order valence-electron chi connectivity index (χ0n) is 10.9. The molecule has 1 aromatic carbocycles. The van der Waals surface area contributed by atoms with E-state index in [9.17, 15) is 9.59 Å². The first-order valence-electron chi connectivity index (χ1n) is 5.79. The number of para-hydroxylation sites is 1. The molecule has 0 radical (unpaired) electrons. The van der Waals surface area contributed by atoms with Crippen molar-refractivity contribution in [3.63, 3.8) is 0 Å². The summed E-state index contributed by atoms with van der Waals surface area (Å²) < 4.78 is 0. The number of hydrogen-bond donors (Lipinski definition) is 2. The predicted molar refractivity (Wildman–Crippen MR) is 71.0 cm³/mol. The van der Waals surface area contributed by atoms with Crippen LogP contribution in [0.25, 0.3) is 0 Å². The molecule has 4 N–H and O–H groups in total. The second-order valence-corrected chi connectivity index (χ2v) is 4.53. The lowest BCUT2D eigenvalue weighted by Crippen LogP contribution is -2.43. The summed E-state index contributed by atoms with van der Waals surface area (Å²) in [4.78, 5) is 24.7. The van der Waals surface area contributed by atoms with Crippen molar-refractivity contribution in [3.8, 4) is 0 Å². The van der Waals surface area contributed by atoms with Gasteiger partial charge in [-0.25, -0.2) is 0 Å². The number of carbonyl (C=O) groups is 2. The van der Waals surface area contributed by atoms with Gasteiger partial charge in [-0.15, -0.1) is 0 Å². The van der Waals surface area contributed by atoms with Crippen LogP contribution >= 0.6 is 0 Å². The Balaban J connectivity index is 3.10. The topological polar surface area (TPSA) is 89.4 Å². The molecule has 18 heavy (non-hydrogen) atoms. The second kappa shape index (κ2) is 5.53. The largest absolute Gasteiger partial charge is 0.398 e. The van der Waals surface area contributed by atoms with E-state index >= 15 is 0 Å². The molecule has 0 spiro atoms. The van der Waals surface area contributed by atoms with E-state index in [1.807, 2.05) is 26.8 Å². The highest BCUT2D eigenvalue weighted by Crippen LogP contribution is 2.19. The Morgan fingerprint density at radius 3 is 2.44 bits per heavy atom. The molecule has 98 valence electrons. The average molecular weight is 249 g/mol. The molecule has 0 atom stereocenters. The smallest absolute Gasteiger partial charge is 0.256 e. The van der Waals surface area contributed by atoms with Crippen LogP contribution in [0.15, 0.2) is 18.2 Å². The second-order valence-electron chi connectivity index (χ2n) is 4.53. The number of nitrogens with two attached hydrogens (primary N) is 2. The van der Waals surface area contributed by atoms with Crippen LogP contribution in [0.1, 0.15) is 29.8 Å². The Labute approximate surface area is 107 Å². The molecule has 1 aromatic rings. The Morgan fingerprint density at radius 1 is 1.33 bits per heavy atom. The molecule has 5 heteroatoms. The van der Waals surface area contributed by atoms with Crippen LogP contribution in [-0.2, 0) is 4.79 Å². The van der Waals surface area contributed by atoms with Crippen LogP contribution in [-0.4, -0.2) is 29.3 Å². The standard InChI is InChI=1S/C13H19N3O2/c1-8(2)16(7-11(14)17)13(18)10-6-4-5-9(3)12(10)15/h4-6,8H,7,15H2,1-3H3,(H2,14,17). The van der Waals surface area contributed by atoms with E-state index in [1.165, 1.54) is 4.90 Å². The molecule has 0 aromatic heterocycles. The number of nitrogens with zero attached hydrogens (tertiary/aromatic N) is 1. The van der Waals surface area contributed by atoms with Gasteiger partial charge in [-0.3, -0.25) is 9.59 Å². The fraction of sp³-hybridized carbons (Fsp3) is 0.385. The summed E-state index contributed by atoms with van der Waals surface area (Å²) >= 11 is 0. The maximum atomic E-state index is 12.3. The average Bonchev–Trinajstić information content (AvgIpc) is 2.28. The van der Waals surface area contributed by atoms with Gasteiger partial charge < -0.3 is 16.4 Å². The number of primary amides is 1. The minimum Gasteiger partial charge on any atom is -0.398 e. The molecule has 0 unspecified atom stereocenters. The van der Waals surface area contributed by atoms with Gasteiger partial charge in [0.1, 0.15) is 0 Å². The quantitative estimate of drug-likeness (QED) is 0.777. The van der Waals surface area contributed by atoms with Gasteiger partial charge in [-0.1, -0.05) is 12.1 Å². The van der Waals surface area contributed by atoms with Gasteiger partial charge in [0.15, 0.2) is 0 Å². The molecular weight excluding hydrogens is 230 g/mol. The van der Waals surface area contributed by atoms with Crippen molar-refractivity contribution < 1.29 is 9.59 Å². The number of aryl methyl sites for hydroxylation is 1. The molecule has 0 bridgehead atoms. The van der Waals surface area contributed by atoms with Crippen molar-refractivity contribution in [2.45, 2.75) is 26.8 Å². The fourth-order valence-corrected chi connectivity index (χ4v) is 1.68. The minimum atomic E-state index is -0.539. The van der Waals surface area contributed by atoms with Gasteiger partial charge in [-0.05, 0) is 32.4 Å². The van der Waals surface area contributed by atoms with Gasteiger partial charge in [-0.2, -0.15) is 0 Å². The van der Waals surface area contributed by atoms with Crippen LogP contribution in [0.2, 0.25) is 0 Å². The maximum Gasteiger partial charge on any atom is 0.256 e. The number of anilines is 1. The van der Waals surface area contributed by atoms with E-state index in [-0.39, 0.29) is 18.5 Å². The summed E-state index contributed by atoms with van der Waals surface area (Å²) in [7, 11) is 0. The Kier molecular flexibility index (Phi) is 4.31. The summed E-state index contributed by atoms with van der Waals surface area (Å²) in [5.41, 5.74) is 12.7. The van der Waals surface area contributed by atoms with Crippen molar-refractivity contribution in [2.24, 2.45) is 5.73 Å². The first-order valence-corrected chi connectivity index (χ1v) is 5.79. The van der Waals surface area contributed by atoms with Crippen LogP contribution in [0.3, 0.4) is 0 Å². The van der Waals surface area contributed by atoms with Gasteiger partial charge in [0, 0.05) is 11.7 Å².